The molecule has 0 aromatic heterocycles. The highest BCUT2D eigenvalue weighted by atomic mass is 35.5. The van der Waals surface area contributed by atoms with Gasteiger partial charge in [-0.05, 0) is 38.8 Å². The second-order valence-corrected chi connectivity index (χ2v) is 5.14. The smallest absolute Gasteiger partial charge is 0.237 e. The highest BCUT2D eigenvalue weighted by Crippen LogP contribution is 2.24. The van der Waals surface area contributed by atoms with E-state index in [4.69, 9.17) is 16.3 Å². The minimum Gasteiger partial charge on any atom is -0.491 e. The SMILES string of the molecule is Cc1cc(C)c(OCCNC(=O)C(C)Cl)c(C)c1. The second-order valence-electron chi connectivity index (χ2n) is 4.48. The van der Waals surface area contributed by atoms with E-state index in [0.29, 0.717) is 13.2 Å². The number of hydrogen-bond acceptors (Lipinski definition) is 2. The Labute approximate surface area is 113 Å². The van der Waals surface area contributed by atoms with Gasteiger partial charge in [-0.15, -0.1) is 11.6 Å². The third-order valence-electron chi connectivity index (χ3n) is 2.61. The average Bonchev–Trinajstić information content (AvgIpc) is 2.26. The number of carbonyl (C=O) groups excluding carboxylic acids is 1. The molecule has 0 bridgehead atoms. The minimum absolute atomic E-state index is 0.169. The molecule has 4 heteroatoms. The predicted molar refractivity (Wildman–Crippen MR) is 74.5 cm³/mol. The number of halogens is 1. The molecule has 0 aliphatic rings. The van der Waals surface area contributed by atoms with Gasteiger partial charge >= 0.3 is 0 Å². The molecule has 1 N–H and O–H groups in total. The summed E-state index contributed by atoms with van der Waals surface area (Å²) in [6, 6.07) is 4.17. The fourth-order valence-electron chi connectivity index (χ4n) is 1.86. The third-order valence-corrected chi connectivity index (χ3v) is 2.81. The molecule has 0 fully saturated rings. The molecular formula is C14H20ClNO2. The van der Waals surface area contributed by atoms with Gasteiger partial charge in [-0.2, -0.15) is 0 Å². The van der Waals surface area contributed by atoms with Crippen molar-refractivity contribution in [2.45, 2.75) is 33.1 Å². The van der Waals surface area contributed by atoms with Crippen LogP contribution in [0.5, 0.6) is 5.75 Å². The van der Waals surface area contributed by atoms with Crippen molar-refractivity contribution < 1.29 is 9.53 Å². The first-order chi connectivity index (χ1) is 8.41. The normalized spacial score (nSPS) is 12.1. The first kappa shape index (κ1) is 14.8. The van der Waals surface area contributed by atoms with E-state index in [1.165, 1.54) is 5.56 Å². The van der Waals surface area contributed by atoms with Crippen LogP contribution in [-0.2, 0) is 4.79 Å². The zero-order chi connectivity index (χ0) is 13.7. The van der Waals surface area contributed by atoms with Crippen molar-refractivity contribution in [2.24, 2.45) is 0 Å². The lowest BCUT2D eigenvalue weighted by atomic mass is 10.1. The molecule has 0 aliphatic heterocycles. The molecule has 0 aliphatic carbocycles. The molecule has 1 rings (SSSR count). The van der Waals surface area contributed by atoms with Crippen molar-refractivity contribution >= 4 is 17.5 Å². The number of aryl methyl sites for hydroxylation is 3. The van der Waals surface area contributed by atoms with E-state index >= 15 is 0 Å². The first-order valence-corrected chi connectivity index (χ1v) is 6.48. The van der Waals surface area contributed by atoms with Crippen LogP contribution in [0.2, 0.25) is 0 Å². The summed E-state index contributed by atoms with van der Waals surface area (Å²) in [4.78, 5) is 11.2. The number of carbonyl (C=O) groups is 1. The Morgan fingerprint density at radius 3 is 2.39 bits per heavy atom. The zero-order valence-corrected chi connectivity index (χ0v) is 12.1. The van der Waals surface area contributed by atoms with Crippen molar-refractivity contribution in [1.82, 2.24) is 5.32 Å². The third kappa shape index (κ3) is 4.22. The molecule has 0 saturated carbocycles. The standard InChI is InChI=1S/C14H20ClNO2/c1-9-7-10(2)13(11(3)8-9)18-6-5-16-14(17)12(4)15/h7-8,12H,5-6H2,1-4H3,(H,16,17). The van der Waals surface area contributed by atoms with Crippen molar-refractivity contribution in [1.29, 1.82) is 0 Å². The van der Waals surface area contributed by atoms with Crippen molar-refractivity contribution in [3.63, 3.8) is 0 Å². The maximum absolute atomic E-state index is 11.2. The van der Waals surface area contributed by atoms with Crippen LogP contribution >= 0.6 is 11.6 Å². The topological polar surface area (TPSA) is 38.3 Å². The summed E-state index contributed by atoms with van der Waals surface area (Å²) in [6.45, 7) is 8.66. The van der Waals surface area contributed by atoms with E-state index in [0.717, 1.165) is 16.9 Å². The van der Waals surface area contributed by atoms with Crippen molar-refractivity contribution in [2.75, 3.05) is 13.2 Å². The molecule has 1 atom stereocenters. The molecule has 3 nitrogen and oxygen atoms in total. The number of amides is 1. The highest BCUT2D eigenvalue weighted by molar-refractivity contribution is 6.30. The van der Waals surface area contributed by atoms with Gasteiger partial charge in [0.15, 0.2) is 0 Å². The molecular weight excluding hydrogens is 250 g/mol. The van der Waals surface area contributed by atoms with Crippen LogP contribution in [0.15, 0.2) is 12.1 Å². The minimum atomic E-state index is -0.507. The van der Waals surface area contributed by atoms with Gasteiger partial charge in [0, 0.05) is 0 Å². The lowest BCUT2D eigenvalue weighted by Gasteiger charge is -2.13. The van der Waals surface area contributed by atoms with Crippen LogP contribution < -0.4 is 10.1 Å². The predicted octanol–water partition coefficient (Wildman–Crippen LogP) is 2.73. The maximum Gasteiger partial charge on any atom is 0.237 e. The zero-order valence-electron chi connectivity index (χ0n) is 11.3. The Balaban J connectivity index is 2.47. The van der Waals surface area contributed by atoms with E-state index in [9.17, 15) is 4.79 Å². The van der Waals surface area contributed by atoms with Crippen LogP contribution in [0, 0.1) is 20.8 Å². The van der Waals surface area contributed by atoms with E-state index in [-0.39, 0.29) is 5.91 Å². The number of rotatable bonds is 5. The van der Waals surface area contributed by atoms with Crippen LogP contribution in [-0.4, -0.2) is 24.4 Å². The Morgan fingerprint density at radius 2 is 1.89 bits per heavy atom. The fourth-order valence-corrected chi connectivity index (χ4v) is 1.94. The lowest BCUT2D eigenvalue weighted by Crippen LogP contribution is -2.33. The Hall–Kier alpha value is -1.22. The maximum atomic E-state index is 11.2. The van der Waals surface area contributed by atoms with E-state index in [1.54, 1.807) is 6.92 Å². The first-order valence-electron chi connectivity index (χ1n) is 6.04. The quantitative estimate of drug-likeness (QED) is 0.659. The summed E-state index contributed by atoms with van der Waals surface area (Å²) in [6.07, 6.45) is 0. The summed E-state index contributed by atoms with van der Waals surface area (Å²) < 4.78 is 5.69. The lowest BCUT2D eigenvalue weighted by molar-refractivity contribution is -0.120. The Morgan fingerprint density at radius 1 is 1.33 bits per heavy atom. The van der Waals surface area contributed by atoms with Crippen molar-refractivity contribution in [3.05, 3.63) is 28.8 Å². The molecule has 1 amide bonds. The molecule has 0 spiro atoms. The number of hydrogen-bond donors (Lipinski definition) is 1. The van der Waals surface area contributed by atoms with Gasteiger partial charge in [-0.1, -0.05) is 17.7 Å². The number of ether oxygens (including phenoxy) is 1. The fraction of sp³-hybridized carbons (Fsp3) is 0.500. The van der Waals surface area contributed by atoms with Crippen molar-refractivity contribution in [3.8, 4) is 5.75 Å². The average molecular weight is 270 g/mol. The Kier molecular flexibility index (Phi) is 5.48. The van der Waals surface area contributed by atoms with Gasteiger partial charge in [0.1, 0.15) is 17.7 Å². The van der Waals surface area contributed by atoms with Gasteiger partial charge < -0.3 is 10.1 Å². The Bertz CT molecular complexity index is 407. The van der Waals surface area contributed by atoms with E-state index in [1.807, 2.05) is 13.8 Å². The highest BCUT2D eigenvalue weighted by Gasteiger charge is 2.08. The van der Waals surface area contributed by atoms with Crippen LogP contribution in [0.4, 0.5) is 0 Å². The molecule has 0 radical (unpaired) electrons. The second kappa shape index (κ2) is 6.64. The molecule has 0 heterocycles. The van der Waals surface area contributed by atoms with Gasteiger partial charge in [0.05, 0.1) is 6.54 Å². The summed E-state index contributed by atoms with van der Waals surface area (Å²) in [5.41, 5.74) is 3.45. The van der Waals surface area contributed by atoms with Crippen LogP contribution in [0.1, 0.15) is 23.6 Å². The number of benzene rings is 1. The van der Waals surface area contributed by atoms with Crippen LogP contribution in [0.25, 0.3) is 0 Å². The molecule has 1 unspecified atom stereocenters. The summed E-state index contributed by atoms with van der Waals surface area (Å²) >= 11 is 5.64. The number of nitrogens with one attached hydrogen (secondary N) is 1. The largest absolute Gasteiger partial charge is 0.491 e. The summed E-state index contributed by atoms with van der Waals surface area (Å²) in [7, 11) is 0. The van der Waals surface area contributed by atoms with Gasteiger partial charge in [-0.3, -0.25) is 4.79 Å². The monoisotopic (exact) mass is 269 g/mol. The number of alkyl halides is 1. The van der Waals surface area contributed by atoms with Gasteiger partial charge in [-0.25, -0.2) is 0 Å². The van der Waals surface area contributed by atoms with E-state index in [2.05, 4.69) is 24.4 Å². The molecule has 0 saturated heterocycles. The molecule has 1 aromatic carbocycles. The molecule has 1 aromatic rings. The molecule has 18 heavy (non-hydrogen) atoms. The van der Waals surface area contributed by atoms with Gasteiger partial charge in [0.2, 0.25) is 5.91 Å². The summed E-state index contributed by atoms with van der Waals surface area (Å²) in [5, 5.41) is 2.20. The van der Waals surface area contributed by atoms with E-state index < -0.39 is 5.38 Å². The van der Waals surface area contributed by atoms with Gasteiger partial charge in [0.25, 0.3) is 0 Å². The summed E-state index contributed by atoms with van der Waals surface area (Å²) in [5.74, 6) is 0.728. The molecule has 100 valence electrons. The van der Waals surface area contributed by atoms with Crippen LogP contribution in [0.3, 0.4) is 0 Å².